The van der Waals surface area contributed by atoms with Crippen molar-refractivity contribution in [3.63, 3.8) is 0 Å². The Kier molecular flexibility index (Phi) is 5.66. The van der Waals surface area contributed by atoms with Gasteiger partial charge < -0.3 is 10.4 Å². The summed E-state index contributed by atoms with van der Waals surface area (Å²) in [6.07, 6.45) is -2.41. The Hall–Kier alpha value is -1.86. The molecular formula is C17H22F3N3O. The fourth-order valence-corrected chi connectivity index (χ4v) is 2.32. The van der Waals surface area contributed by atoms with Crippen LogP contribution >= 0.6 is 0 Å². The van der Waals surface area contributed by atoms with Gasteiger partial charge in [-0.25, -0.2) is 4.68 Å². The fourth-order valence-electron chi connectivity index (χ4n) is 2.32. The van der Waals surface area contributed by atoms with Gasteiger partial charge >= 0.3 is 6.18 Å². The van der Waals surface area contributed by atoms with E-state index in [2.05, 4.69) is 24.3 Å². The molecule has 4 nitrogen and oxygen atoms in total. The molecule has 0 atom stereocenters. The molecule has 1 aromatic heterocycles. The van der Waals surface area contributed by atoms with Crippen LogP contribution in [0.25, 0.3) is 5.69 Å². The number of alkyl halides is 3. The smallest absolute Gasteiger partial charge is 0.396 e. The van der Waals surface area contributed by atoms with Crippen LogP contribution in [0.5, 0.6) is 0 Å². The summed E-state index contributed by atoms with van der Waals surface area (Å²) in [5.74, 6) is 0. The standard InChI is InChI=1S/C17H22F3N3O/c1-16(2,8-10-24)12-21-11-13-3-5-14(6-4-13)23-9-7-15(22-23)17(18,19)20/h3-7,9,21,24H,8,10-12H2,1-2H3. The third-order valence-electron chi connectivity index (χ3n) is 3.80. The van der Waals surface area contributed by atoms with Crippen molar-refractivity contribution in [3.8, 4) is 5.69 Å². The molecule has 0 fully saturated rings. The van der Waals surface area contributed by atoms with E-state index in [1.165, 1.54) is 10.9 Å². The lowest BCUT2D eigenvalue weighted by molar-refractivity contribution is -0.141. The zero-order valence-corrected chi connectivity index (χ0v) is 13.8. The van der Waals surface area contributed by atoms with Gasteiger partial charge in [-0.2, -0.15) is 18.3 Å². The third-order valence-corrected chi connectivity index (χ3v) is 3.80. The van der Waals surface area contributed by atoms with E-state index in [9.17, 15) is 13.2 Å². The number of hydrogen-bond acceptors (Lipinski definition) is 3. The highest BCUT2D eigenvalue weighted by Crippen LogP contribution is 2.27. The van der Waals surface area contributed by atoms with Crippen LogP contribution < -0.4 is 5.32 Å². The van der Waals surface area contributed by atoms with Crippen LogP contribution in [0.1, 0.15) is 31.5 Å². The van der Waals surface area contributed by atoms with Crippen molar-refractivity contribution < 1.29 is 18.3 Å². The first kappa shape index (κ1) is 18.5. The summed E-state index contributed by atoms with van der Waals surface area (Å²) in [7, 11) is 0. The van der Waals surface area contributed by atoms with E-state index in [0.717, 1.165) is 24.6 Å². The monoisotopic (exact) mass is 341 g/mol. The fraction of sp³-hybridized carbons (Fsp3) is 0.471. The van der Waals surface area contributed by atoms with Gasteiger partial charge in [-0.3, -0.25) is 0 Å². The van der Waals surface area contributed by atoms with E-state index in [4.69, 9.17) is 5.11 Å². The van der Waals surface area contributed by atoms with Crippen molar-refractivity contribution in [1.82, 2.24) is 15.1 Å². The molecule has 0 saturated heterocycles. The van der Waals surface area contributed by atoms with Crippen LogP contribution in [0, 0.1) is 5.41 Å². The van der Waals surface area contributed by atoms with Crippen LogP contribution in [0.3, 0.4) is 0 Å². The van der Waals surface area contributed by atoms with E-state index in [0.29, 0.717) is 12.2 Å². The molecular weight excluding hydrogens is 319 g/mol. The van der Waals surface area contributed by atoms with Crippen molar-refractivity contribution in [2.45, 2.75) is 33.0 Å². The molecule has 0 radical (unpaired) electrons. The molecule has 0 bridgehead atoms. The molecule has 7 heteroatoms. The first-order valence-corrected chi connectivity index (χ1v) is 7.75. The Morgan fingerprint density at radius 1 is 1.12 bits per heavy atom. The highest BCUT2D eigenvalue weighted by Gasteiger charge is 2.33. The summed E-state index contributed by atoms with van der Waals surface area (Å²) in [5, 5.41) is 15.9. The van der Waals surface area contributed by atoms with Gasteiger partial charge in [-0.05, 0) is 35.6 Å². The highest BCUT2D eigenvalue weighted by atomic mass is 19.4. The number of benzene rings is 1. The quantitative estimate of drug-likeness (QED) is 0.812. The van der Waals surface area contributed by atoms with Crippen LogP contribution in [-0.4, -0.2) is 28.0 Å². The largest absolute Gasteiger partial charge is 0.435 e. The Balaban J connectivity index is 1.95. The van der Waals surface area contributed by atoms with Gasteiger partial charge in [-0.15, -0.1) is 0 Å². The second kappa shape index (κ2) is 7.36. The van der Waals surface area contributed by atoms with Crippen molar-refractivity contribution in [2.24, 2.45) is 5.41 Å². The normalized spacial score (nSPS) is 12.6. The van der Waals surface area contributed by atoms with E-state index >= 15 is 0 Å². The molecule has 1 heterocycles. The first-order valence-electron chi connectivity index (χ1n) is 7.75. The second-order valence-electron chi connectivity index (χ2n) is 6.55. The summed E-state index contributed by atoms with van der Waals surface area (Å²) in [5.41, 5.74) is 0.716. The van der Waals surface area contributed by atoms with Crippen molar-refractivity contribution in [3.05, 3.63) is 47.8 Å². The molecule has 132 valence electrons. The van der Waals surface area contributed by atoms with Gasteiger partial charge in [0.05, 0.1) is 5.69 Å². The minimum absolute atomic E-state index is 0.0117. The first-order chi connectivity index (χ1) is 11.2. The Labute approximate surface area is 139 Å². The van der Waals surface area contributed by atoms with Gasteiger partial charge in [0.1, 0.15) is 0 Å². The van der Waals surface area contributed by atoms with Crippen molar-refractivity contribution >= 4 is 0 Å². The molecule has 24 heavy (non-hydrogen) atoms. The molecule has 2 aromatic rings. The highest BCUT2D eigenvalue weighted by molar-refractivity contribution is 5.34. The van der Waals surface area contributed by atoms with Gasteiger partial charge in [0.25, 0.3) is 0 Å². The van der Waals surface area contributed by atoms with E-state index in [1.807, 2.05) is 12.1 Å². The maximum absolute atomic E-state index is 12.6. The van der Waals surface area contributed by atoms with Crippen LogP contribution in [-0.2, 0) is 12.7 Å². The predicted octanol–water partition coefficient (Wildman–Crippen LogP) is 3.39. The van der Waals surface area contributed by atoms with E-state index in [1.54, 1.807) is 12.1 Å². The second-order valence-corrected chi connectivity index (χ2v) is 6.55. The van der Waals surface area contributed by atoms with Crippen LogP contribution in [0.2, 0.25) is 0 Å². The number of aliphatic hydroxyl groups excluding tert-OH is 1. The van der Waals surface area contributed by atoms with E-state index in [-0.39, 0.29) is 12.0 Å². The number of aliphatic hydroxyl groups is 1. The molecule has 1 aromatic carbocycles. The molecule has 0 spiro atoms. The van der Waals surface area contributed by atoms with E-state index < -0.39 is 11.9 Å². The topological polar surface area (TPSA) is 50.1 Å². The molecule has 0 saturated carbocycles. The molecule has 2 N–H and O–H groups in total. The average molecular weight is 341 g/mol. The summed E-state index contributed by atoms with van der Waals surface area (Å²) < 4.78 is 38.9. The summed E-state index contributed by atoms with van der Waals surface area (Å²) >= 11 is 0. The maximum Gasteiger partial charge on any atom is 0.435 e. The number of rotatable bonds is 7. The Morgan fingerprint density at radius 2 is 1.79 bits per heavy atom. The van der Waals surface area contributed by atoms with Crippen molar-refractivity contribution in [2.75, 3.05) is 13.2 Å². The molecule has 0 aliphatic carbocycles. The number of aromatic nitrogens is 2. The average Bonchev–Trinajstić information content (AvgIpc) is 2.97. The molecule has 0 aliphatic heterocycles. The van der Waals surface area contributed by atoms with Gasteiger partial charge in [0, 0.05) is 25.9 Å². The Bertz CT molecular complexity index is 648. The summed E-state index contributed by atoms with van der Waals surface area (Å²) in [6, 6.07) is 8.15. The molecule has 0 amide bonds. The summed E-state index contributed by atoms with van der Waals surface area (Å²) in [6.45, 7) is 5.74. The number of nitrogens with one attached hydrogen (secondary N) is 1. The zero-order chi connectivity index (χ0) is 17.8. The lowest BCUT2D eigenvalue weighted by Gasteiger charge is -2.24. The SMILES string of the molecule is CC(C)(CCO)CNCc1ccc(-n2ccc(C(F)(F)F)n2)cc1. The van der Waals surface area contributed by atoms with Crippen LogP contribution in [0.4, 0.5) is 13.2 Å². The summed E-state index contributed by atoms with van der Waals surface area (Å²) in [4.78, 5) is 0. The lowest BCUT2D eigenvalue weighted by Crippen LogP contribution is -2.29. The van der Waals surface area contributed by atoms with Crippen molar-refractivity contribution in [1.29, 1.82) is 0 Å². The number of nitrogens with zero attached hydrogens (tertiary/aromatic N) is 2. The molecule has 0 aliphatic rings. The van der Waals surface area contributed by atoms with Gasteiger partial charge in [-0.1, -0.05) is 26.0 Å². The number of halogens is 3. The predicted molar refractivity (Wildman–Crippen MR) is 85.8 cm³/mol. The Morgan fingerprint density at radius 3 is 2.33 bits per heavy atom. The maximum atomic E-state index is 12.6. The zero-order valence-electron chi connectivity index (χ0n) is 13.8. The molecule has 2 rings (SSSR count). The lowest BCUT2D eigenvalue weighted by atomic mass is 9.90. The molecule has 0 unspecified atom stereocenters. The van der Waals surface area contributed by atoms with Gasteiger partial charge in [0.2, 0.25) is 0 Å². The minimum atomic E-state index is -4.43. The third kappa shape index (κ3) is 5.07. The minimum Gasteiger partial charge on any atom is -0.396 e. The van der Waals surface area contributed by atoms with Crippen LogP contribution in [0.15, 0.2) is 36.5 Å². The number of hydrogen-bond donors (Lipinski definition) is 2. The van der Waals surface area contributed by atoms with Gasteiger partial charge in [0.15, 0.2) is 5.69 Å².